The van der Waals surface area contributed by atoms with Crippen LogP contribution in [0.1, 0.15) is 33.2 Å². The van der Waals surface area contributed by atoms with E-state index >= 15 is 0 Å². The van der Waals surface area contributed by atoms with Gasteiger partial charge < -0.3 is 14.8 Å². The highest BCUT2D eigenvalue weighted by Crippen LogP contribution is 2.16. The maximum absolute atomic E-state index is 12.2. The van der Waals surface area contributed by atoms with Gasteiger partial charge in [-0.25, -0.2) is 10.2 Å². The molecule has 3 aromatic carbocycles. The lowest BCUT2D eigenvalue weighted by Gasteiger charge is -2.06. The van der Waals surface area contributed by atoms with E-state index in [1.165, 1.54) is 6.21 Å². The van der Waals surface area contributed by atoms with Crippen LogP contribution in [-0.4, -0.2) is 37.1 Å². The van der Waals surface area contributed by atoms with Crippen LogP contribution in [0.3, 0.4) is 0 Å². The molecule has 0 unspecified atom stereocenters. The number of hydrogen-bond donors (Lipinski definition) is 2. The van der Waals surface area contributed by atoms with Gasteiger partial charge in [-0.15, -0.1) is 0 Å². The summed E-state index contributed by atoms with van der Waals surface area (Å²) in [5.74, 6) is -0.437. The third kappa shape index (κ3) is 7.46. The first kappa shape index (κ1) is 24.5. The third-order valence-corrected chi connectivity index (χ3v) is 4.64. The fraction of sp³-hybridized carbons (Fsp3) is 0.120. The molecule has 2 N–H and O–H groups in total. The van der Waals surface area contributed by atoms with E-state index in [1.54, 1.807) is 72.8 Å². The molecule has 0 saturated carbocycles. The van der Waals surface area contributed by atoms with Crippen molar-refractivity contribution in [3.63, 3.8) is 0 Å². The van der Waals surface area contributed by atoms with Crippen molar-refractivity contribution in [3.8, 4) is 11.5 Å². The minimum Gasteiger partial charge on any atom is -0.494 e. The molecule has 0 fully saturated rings. The molecule has 8 nitrogen and oxygen atoms in total. The molecule has 0 aromatic heterocycles. The van der Waals surface area contributed by atoms with E-state index < -0.39 is 17.8 Å². The first-order valence-corrected chi connectivity index (χ1v) is 10.7. The number of hydrogen-bond acceptors (Lipinski definition) is 6. The highest BCUT2D eigenvalue weighted by Gasteiger charge is 2.09. The number of halogens is 1. The largest absolute Gasteiger partial charge is 0.494 e. The zero-order chi connectivity index (χ0) is 24.3. The van der Waals surface area contributed by atoms with Crippen LogP contribution in [0.5, 0.6) is 11.5 Å². The molecule has 34 heavy (non-hydrogen) atoms. The molecule has 0 atom stereocenters. The van der Waals surface area contributed by atoms with Crippen LogP contribution < -0.4 is 20.2 Å². The Kier molecular flexibility index (Phi) is 8.76. The highest BCUT2D eigenvalue weighted by molar-refractivity contribution is 6.30. The van der Waals surface area contributed by atoms with Gasteiger partial charge in [0.2, 0.25) is 0 Å². The maximum Gasteiger partial charge on any atom is 0.343 e. The molecule has 0 aliphatic heterocycles. The van der Waals surface area contributed by atoms with E-state index in [4.69, 9.17) is 21.1 Å². The lowest BCUT2D eigenvalue weighted by atomic mass is 10.2. The van der Waals surface area contributed by atoms with E-state index in [9.17, 15) is 14.4 Å². The summed E-state index contributed by atoms with van der Waals surface area (Å²) in [6.45, 7) is 2.16. The van der Waals surface area contributed by atoms with Crippen LogP contribution in [0, 0.1) is 0 Å². The van der Waals surface area contributed by atoms with E-state index in [-0.39, 0.29) is 6.54 Å². The quantitative estimate of drug-likeness (QED) is 0.210. The van der Waals surface area contributed by atoms with E-state index in [2.05, 4.69) is 15.8 Å². The number of nitrogens with one attached hydrogen (secondary N) is 2. The number of carbonyl (C=O) groups is 3. The minimum atomic E-state index is -0.526. The van der Waals surface area contributed by atoms with Gasteiger partial charge in [0.1, 0.15) is 11.5 Å². The van der Waals surface area contributed by atoms with Gasteiger partial charge in [0.15, 0.2) is 0 Å². The summed E-state index contributed by atoms with van der Waals surface area (Å²) in [6, 6.07) is 19.6. The Morgan fingerprint density at radius 3 is 2.35 bits per heavy atom. The second-order valence-corrected chi connectivity index (χ2v) is 7.34. The molecule has 174 valence electrons. The Morgan fingerprint density at radius 1 is 0.941 bits per heavy atom. The second-order valence-electron chi connectivity index (χ2n) is 6.90. The molecular formula is C25H22ClN3O5. The van der Waals surface area contributed by atoms with Gasteiger partial charge in [0, 0.05) is 10.6 Å². The van der Waals surface area contributed by atoms with Crippen LogP contribution in [0.25, 0.3) is 0 Å². The Morgan fingerprint density at radius 2 is 1.65 bits per heavy atom. The van der Waals surface area contributed by atoms with Gasteiger partial charge in [0.05, 0.1) is 24.9 Å². The zero-order valence-electron chi connectivity index (χ0n) is 18.3. The topological polar surface area (TPSA) is 106 Å². The number of benzene rings is 3. The SMILES string of the molecule is CCOc1ccc(C(=O)NCC(=O)N/N=C/c2cccc(OC(=O)c3ccc(Cl)cc3)c2)cc1. The lowest BCUT2D eigenvalue weighted by Crippen LogP contribution is -2.34. The number of rotatable bonds is 9. The molecule has 0 bridgehead atoms. The van der Waals surface area contributed by atoms with Crippen molar-refractivity contribution in [1.29, 1.82) is 0 Å². The van der Waals surface area contributed by atoms with Crippen LogP contribution in [0.15, 0.2) is 77.9 Å². The Balaban J connectivity index is 1.47. The molecule has 0 saturated heterocycles. The molecule has 2 amide bonds. The van der Waals surface area contributed by atoms with Crippen LogP contribution >= 0.6 is 11.6 Å². The average molecular weight is 480 g/mol. The fourth-order valence-corrected chi connectivity index (χ4v) is 2.89. The first-order valence-electron chi connectivity index (χ1n) is 10.4. The maximum atomic E-state index is 12.2. The van der Waals surface area contributed by atoms with Crippen molar-refractivity contribution in [2.24, 2.45) is 5.10 Å². The number of amides is 2. The number of nitrogens with zero attached hydrogens (tertiary/aromatic N) is 1. The van der Waals surface area contributed by atoms with Crippen molar-refractivity contribution >= 4 is 35.6 Å². The Bertz CT molecular complexity index is 1180. The molecule has 0 spiro atoms. The molecule has 0 aliphatic carbocycles. The van der Waals surface area contributed by atoms with Crippen LogP contribution in [0.4, 0.5) is 0 Å². The van der Waals surface area contributed by atoms with Gasteiger partial charge in [-0.3, -0.25) is 9.59 Å². The third-order valence-electron chi connectivity index (χ3n) is 4.39. The lowest BCUT2D eigenvalue weighted by molar-refractivity contribution is -0.120. The van der Waals surface area contributed by atoms with Crippen molar-refractivity contribution in [3.05, 3.63) is 94.5 Å². The van der Waals surface area contributed by atoms with Crippen molar-refractivity contribution in [2.45, 2.75) is 6.92 Å². The number of hydrazone groups is 1. The summed E-state index contributed by atoms with van der Waals surface area (Å²) in [7, 11) is 0. The number of carbonyl (C=O) groups excluding carboxylic acids is 3. The van der Waals surface area contributed by atoms with Gasteiger partial charge in [0.25, 0.3) is 11.8 Å². The summed E-state index contributed by atoms with van der Waals surface area (Å²) in [6.07, 6.45) is 1.39. The van der Waals surface area contributed by atoms with Gasteiger partial charge in [-0.1, -0.05) is 23.7 Å². The molecular weight excluding hydrogens is 458 g/mol. The van der Waals surface area contributed by atoms with Crippen molar-refractivity contribution in [1.82, 2.24) is 10.7 Å². The fourth-order valence-electron chi connectivity index (χ4n) is 2.76. The molecule has 3 rings (SSSR count). The minimum absolute atomic E-state index is 0.248. The van der Waals surface area contributed by atoms with Gasteiger partial charge in [-0.05, 0) is 73.2 Å². The summed E-state index contributed by atoms with van der Waals surface area (Å²) < 4.78 is 10.7. The molecule has 0 aliphatic rings. The Labute approximate surface area is 201 Å². The summed E-state index contributed by atoms with van der Waals surface area (Å²) in [5.41, 5.74) is 3.70. The number of esters is 1. The summed E-state index contributed by atoms with van der Waals surface area (Å²) in [5, 5.41) is 6.90. The van der Waals surface area contributed by atoms with E-state index in [0.717, 1.165) is 0 Å². The van der Waals surface area contributed by atoms with Crippen molar-refractivity contribution < 1.29 is 23.9 Å². The predicted molar refractivity (Wildman–Crippen MR) is 129 cm³/mol. The van der Waals surface area contributed by atoms with Crippen LogP contribution in [-0.2, 0) is 4.79 Å². The molecule has 0 heterocycles. The summed E-state index contributed by atoms with van der Waals surface area (Å²) in [4.78, 5) is 36.3. The normalized spacial score (nSPS) is 10.5. The number of ether oxygens (including phenoxy) is 2. The monoisotopic (exact) mass is 479 g/mol. The first-order chi connectivity index (χ1) is 16.4. The van der Waals surface area contributed by atoms with E-state index in [0.29, 0.717) is 39.8 Å². The Hall–Kier alpha value is -4.17. The highest BCUT2D eigenvalue weighted by atomic mass is 35.5. The molecule has 0 radical (unpaired) electrons. The van der Waals surface area contributed by atoms with Crippen molar-refractivity contribution in [2.75, 3.05) is 13.2 Å². The van der Waals surface area contributed by atoms with Crippen LogP contribution in [0.2, 0.25) is 5.02 Å². The average Bonchev–Trinajstić information content (AvgIpc) is 2.84. The van der Waals surface area contributed by atoms with Gasteiger partial charge in [-0.2, -0.15) is 5.10 Å². The molecule has 3 aromatic rings. The predicted octanol–water partition coefficient (Wildman–Crippen LogP) is 3.84. The summed E-state index contributed by atoms with van der Waals surface area (Å²) >= 11 is 5.82. The molecule has 9 heteroatoms. The van der Waals surface area contributed by atoms with Gasteiger partial charge >= 0.3 is 5.97 Å². The van der Waals surface area contributed by atoms with E-state index in [1.807, 2.05) is 6.92 Å². The standard InChI is InChI=1S/C25H22ClN3O5/c1-2-33-21-12-8-18(9-13-21)24(31)27-16-23(30)29-28-15-17-4-3-5-22(14-17)34-25(32)19-6-10-20(26)11-7-19/h3-15H,2,16H2,1H3,(H,27,31)(H,29,30)/b28-15+. The zero-order valence-corrected chi connectivity index (χ0v) is 19.0. The smallest absolute Gasteiger partial charge is 0.343 e. The second kappa shape index (κ2) is 12.2.